The summed E-state index contributed by atoms with van der Waals surface area (Å²) in [5.74, 6) is 0.784. The fraction of sp³-hybridized carbons (Fsp3) is 0.350. The molecule has 0 N–H and O–H groups in total. The summed E-state index contributed by atoms with van der Waals surface area (Å²) < 4.78 is 0. The van der Waals surface area contributed by atoms with Crippen LogP contribution in [0.4, 0.5) is 0 Å². The summed E-state index contributed by atoms with van der Waals surface area (Å²) in [5, 5.41) is 8.97. The van der Waals surface area contributed by atoms with Gasteiger partial charge in [0.2, 0.25) is 0 Å². The zero-order valence-electron chi connectivity index (χ0n) is 12.6. The van der Waals surface area contributed by atoms with E-state index in [0.29, 0.717) is 0 Å². The number of nitriles is 1. The van der Waals surface area contributed by atoms with Crippen LogP contribution in [-0.2, 0) is 19.3 Å². The number of fused-ring (bicyclic) bond motifs is 1. The smallest absolute Gasteiger partial charge is 0.0991 e. The molecule has 1 nitrogen and oxygen atoms in total. The number of hydrogen-bond donors (Lipinski definition) is 0. The first-order valence-electron chi connectivity index (χ1n) is 7.82. The van der Waals surface area contributed by atoms with E-state index >= 15 is 0 Å². The van der Waals surface area contributed by atoms with Crippen molar-refractivity contribution >= 4 is 0 Å². The highest BCUT2D eigenvalue weighted by atomic mass is 14.3. The second kappa shape index (κ2) is 6.14. The number of nitrogens with zero attached hydrogens (tertiary/aromatic N) is 1. The van der Waals surface area contributed by atoms with Gasteiger partial charge in [-0.25, -0.2) is 0 Å². The first-order chi connectivity index (χ1) is 10.2. The summed E-state index contributed by atoms with van der Waals surface area (Å²) in [5.41, 5.74) is 6.42. The SMILES string of the molecule is Cc1ccc(CCC2CCc3cc(C#N)ccc3C2)cc1. The molecular weight excluding hydrogens is 254 g/mol. The zero-order valence-corrected chi connectivity index (χ0v) is 12.6. The Hall–Kier alpha value is -2.07. The van der Waals surface area contributed by atoms with Crippen LogP contribution >= 0.6 is 0 Å². The van der Waals surface area contributed by atoms with Crippen molar-refractivity contribution in [2.75, 3.05) is 0 Å². The first-order valence-corrected chi connectivity index (χ1v) is 7.82. The fourth-order valence-electron chi connectivity index (χ4n) is 3.27. The van der Waals surface area contributed by atoms with Crippen LogP contribution in [0.25, 0.3) is 0 Å². The summed E-state index contributed by atoms with van der Waals surface area (Å²) in [7, 11) is 0. The molecule has 0 aromatic heterocycles. The first kappa shape index (κ1) is 13.9. The van der Waals surface area contributed by atoms with E-state index in [1.54, 1.807) is 0 Å². The molecule has 0 spiro atoms. The van der Waals surface area contributed by atoms with Gasteiger partial charge in [-0.3, -0.25) is 0 Å². The third-order valence-corrected chi connectivity index (χ3v) is 4.63. The van der Waals surface area contributed by atoms with Crippen molar-refractivity contribution in [3.8, 4) is 6.07 Å². The van der Waals surface area contributed by atoms with Gasteiger partial charge in [-0.15, -0.1) is 0 Å². The minimum atomic E-state index is 0.784. The molecule has 0 saturated carbocycles. The fourth-order valence-corrected chi connectivity index (χ4v) is 3.27. The summed E-state index contributed by atoms with van der Waals surface area (Å²) in [6.45, 7) is 2.14. The van der Waals surface area contributed by atoms with E-state index in [9.17, 15) is 0 Å². The van der Waals surface area contributed by atoms with E-state index in [4.69, 9.17) is 5.26 Å². The van der Waals surface area contributed by atoms with Gasteiger partial charge < -0.3 is 0 Å². The molecule has 0 amide bonds. The van der Waals surface area contributed by atoms with Crippen molar-refractivity contribution in [3.63, 3.8) is 0 Å². The van der Waals surface area contributed by atoms with Gasteiger partial charge in [0, 0.05) is 0 Å². The molecule has 1 atom stereocenters. The van der Waals surface area contributed by atoms with E-state index in [1.807, 2.05) is 6.07 Å². The van der Waals surface area contributed by atoms with Crippen LogP contribution in [0.5, 0.6) is 0 Å². The van der Waals surface area contributed by atoms with Gasteiger partial charge in [-0.1, -0.05) is 35.9 Å². The van der Waals surface area contributed by atoms with Gasteiger partial charge in [0.15, 0.2) is 0 Å². The van der Waals surface area contributed by atoms with Crippen LogP contribution in [0.3, 0.4) is 0 Å². The molecule has 2 aromatic carbocycles. The van der Waals surface area contributed by atoms with Crippen molar-refractivity contribution in [2.45, 2.75) is 39.0 Å². The van der Waals surface area contributed by atoms with Crippen molar-refractivity contribution in [2.24, 2.45) is 5.92 Å². The summed E-state index contributed by atoms with van der Waals surface area (Å²) >= 11 is 0. The molecule has 0 saturated heterocycles. The van der Waals surface area contributed by atoms with Crippen LogP contribution in [0.15, 0.2) is 42.5 Å². The Kier molecular flexibility index (Phi) is 4.06. The monoisotopic (exact) mass is 275 g/mol. The second-order valence-electron chi connectivity index (χ2n) is 6.23. The number of hydrogen-bond acceptors (Lipinski definition) is 1. The van der Waals surface area contributed by atoms with Gasteiger partial charge >= 0.3 is 0 Å². The summed E-state index contributed by atoms with van der Waals surface area (Å²) in [6, 6.07) is 17.3. The van der Waals surface area contributed by atoms with Gasteiger partial charge in [-0.05, 0) is 73.8 Å². The maximum atomic E-state index is 8.97. The lowest BCUT2D eigenvalue weighted by Crippen LogP contribution is -2.15. The Bertz CT molecular complexity index is 661. The van der Waals surface area contributed by atoms with Crippen molar-refractivity contribution in [1.29, 1.82) is 5.26 Å². The number of aryl methyl sites for hydroxylation is 3. The lowest BCUT2D eigenvalue weighted by atomic mass is 9.80. The maximum absolute atomic E-state index is 8.97. The molecule has 1 unspecified atom stereocenters. The molecule has 1 aliphatic rings. The van der Waals surface area contributed by atoms with Gasteiger partial charge in [0.25, 0.3) is 0 Å². The highest BCUT2D eigenvalue weighted by molar-refractivity contribution is 5.39. The van der Waals surface area contributed by atoms with E-state index in [1.165, 1.54) is 47.9 Å². The Morgan fingerprint density at radius 3 is 2.67 bits per heavy atom. The normalized spacial score (nSPS) is 17.0. The summed E-state index contributed by atoms with van der Waals surface area (Å²) in [4.78, 5) is 0. The Balaban J connectivity index is 1.61. The largest absolute Gasteiger partial charge is 0.192 e. The van der Waals surface area contributed by atoms with Crippen molar-refractivity contribution < 1.29 is 0 Å². The molecule has 3 rings (SSSR count). The topological polar surface area (TPSA) is 23.8 Å². The zero-order chi connectivity index (χ0) is 14.7. The van der Waals surface area contributed by atoms with E-state index in [0.717, 1.165) is 17.9 Å². The van der Waals surface area contributed by atoms with Crippen LogP contribution in [0.1, 0.15) is 40.7 Å². The summed E-state index contributed by atoms with van der Waals surface area (Å²) in [6.07, 6.45) is 6.00. The highest BCUT2D eigenvalue weighted by Crippen LogP contribution is 2.29. The van der Waals surface area contributed by atoms with Crippen LogP contribution < -0.4 is 0 Å². The van der Waals surface area contributed by atoms with Crippen LogP contribution in [-0.4, -0.2) is 0 Å². The molecule has 1 heteroatoms. The third-order valence-electron chi connectivity index (χ3n) is 4.63. The molecule has 106 valence electrons. The average Bonchev–Trinajstić information content (AvgIpc) is 2.53. The molecule has 0 fully saturated rings. The van der Waals surface area contributed by atoms with E-state index in [2.05, 4.69) is 49.4 Å². The Morgan fingerprint density at radius 1 is 1.10 bits per heavy atom. The molecule has 0 bridgehead atoms. The van der Waals surface area contributed by atoms with Gasteiger partial charge in [-0.2, -0.15) is 5.26 Å². The number of rotatable bonds is 3. The standard InChI is InChI=1S/C20H21N/c1-15-2-4-16(5-3-15)6-7-17-8-10-20-13-18(14-21)9-11-19(20)12-17/h2-5,9,11,13,17H,6-8,10,12H2,1H3. The van der Waals surface area contributed by atoms with Gasteiger partial charge in [0.1, 0.15) is 0 Å². The predicted octanol–water partition coefficient (Wildman–Crippen LogP) is 4.60. The minimum absolute atomic E-state index is 0.784. The Morgan fingerprint density at radius 2 is 1.90 bits per heavy atom. The van der Waals surface area contributed by atoms with E-state index in [-0.39, 0.29) is 0 Å². The number of benzene rings is 2. The quantitative estimate of drug-likeness (QED) is 0.802. The van der Waals surface area contributed by atoms with E-state index < -0.39 is 0 Å². The van der Waals surface area contributed by atoms with Crippen LogP contribution in [0.2, 0.25) is 0 Å². The molecule has 2 aromatic rings. The highest BCUT2D eigenvalue weighted by Gasteiger charge is 2.18. The molecule has 1 aliphatic carbocycles. The minimum Gasteiger partial charge on any atom is -0.192 e. The Labute approximate surface area is 127 Å². The lowest BCUT2D eigenvalue weighted by Gasteiger charge is -2.24. The van der Waals surface area contributed by atoms with Crippen molar-refractivity contribution in [1.82, 2.24) is 0 Å². The maximum Gasteiger partial charge on any atom is 0.0991 e. The molecule has 0 aliphatic heterocycles. The third kappa shape index (κ3) is 3.34. The molecule has 0 radical (unpaired) electrons. The average molecular weight is 275 g/mol. The van der Waals surface area contributed by atoms with Crippen molar-refractivity contribution in [3.05, 3.63) is 70.3 Å². The lowest BCUT2D eigenvalue weighted by molar-refractivity contribution is 0.427. The predicted molar refractivity (Wildman–Crippen MR) is 86.2 cm³/mol. The molecule has 0 heterocycles. The van der Waals surface area contributed by atoms with Crippen LogP contribution in [0, 0.1) is 24.2 Å². The van der Waals surface area contributed by atoms with Gasteiger partial charge in [0.05, 0.1) is 11.6 Å². The molecular formula is C20H21N. The molecule has 21 heavy (non-hydrogen) atoms. The second-order valence-corrected chi connectivity index (χ2v) is 6.23.